The Morgan fingerprint density at radius 1 is 0.510 bits per heavy atom. The molecule has 0 unspecified atom stereocenters. The first-order valence-electron chi connectivity index (χ1n) is 17.2. The molecule has 0 spiro atoms. The molecule has 5 aromatic carbocycles. The van der Waals surface area contributed by atoms with Crippen molar-refractivity contribution in [2.75, 3.05) is 13.2 Å². The molecule has 0 saturated heterocycles. The van der Waals surface area contributed by atoms with Crippen LogP contribution in [0.2, 0.25) is 10.1 Å². The van der Waals surface area contributed by atoms with Crippen LogP contribution in [0.15, 0.2) is 152 Å². The molecule has 0 radical (unpaired) electrons. The Morgan fingerprint density at radius 3 is 1.18 bits per heavy atom. The van der Waals surface area contributed by atoms with Crippen molar-refractivity contribution in [3.63, 3.8) is 0 Å². The summed E-state index contributed by atoms with van der Waals surface area (Å²) in [5.41, 5.74) is 0.999. The molecule has 0 saturated carbocycles. The Labute approximate surface area is 295 Å². The minimum absolute atomic E-state index is 0.0865. The van der Waals surface area contributed by atoms with Crippen LogP contribution in [0.1, 0.15) is 47.1 Å². The number of hydrogen-bond acceptors (Lipinski definition) is 4. The smallest absolute Gasteiger partial charge is 0.261 e. The quantitative estimate of drug-likeness (QED) is 0.115. The highest BCUT2D eigenvalue weighted by molar-refractivity contribution is 7.00. The number of benzene rings is 5. The summed E-state index contributed by atoms with van der Waals surface area (Å²) in [7, 11) is -5.87. The molecule has 6 heteroatoms. The molecule has 5 rings (SSSR count). The number of rotatable bonds is 14. The highest BCUT2D eigenvalue weighted by Gasteiger charge is 2.52. The van der Waals surface area contributed by atoms with Crippen molar-refractivity contribution in [3.8, 4) is 0 Å². The Bertz CT molecular complexity index is 1660. The fourth-order valence-corrected chi connectivity index (χ4v) is 16.1. The van der Waals surface area contributed by atoms with Gasteiger partial charge in [0.1, 0.15) is 6.10 Å². The molecule has 254 valence electrons. The van der Waals surface area contributed by atoms with Crippen LogP contribution in [-0.2, 0) is 25.0 Å². The third-order valence-corrected chi connectivity index (χ3v) is 19.4. The standard InChI is InChI=1S/C43H50O4Si2/c1-42(2,3)48(36-24-14-8-15-25-36,37-26-16-9-17-27-37)46-33-40(44)41(45-32-35-22-12-7-13-23-35)34-47-49(43(4,5)6,38-28-18-10-19-29-38)39-30-20-11-21-31-39/h7-31,41H,32-34H2,1-6H3/t41-/m0/s1. The predicted molar refractivity (Wildman–Crippen MR) is 207 cm³/mol. The van der Waals surface area contributed by atoms with Crippen molar-refractivity contribution in [1.82, 2.24) is 0 Å². The van der Waals surface area contributed by atoms with E-state index < -0.39 is 22.7 Å². The van der Waals surface area contributed by atoms with Gasteiger partial charge in [-0.2, -0.15) is 0 Å². The van der Waals surface area contributed by atoms with E-state index in [0.29, 0.717) is 6.61 Å². The number of carbonyl (C=O) groups excluding carboxylic acids is 1. The Kier molecular flexibility index (Phi) is 11.7. The summed E-state index contributed by atoms with van der Waals surface area (Å²) >= 11 is 0. The average molecular weight is 687 g/mol. The van der Waals surface area contributed by atoms with Gasteiger partial charge in [0.05, 0.1) is 19.8 Å². The monoisotopic (exact) mass is 686 g/mol. The van der Waals surface area contributed by atoms with Crippen LogP contribution in [0.5, 0.6) is 0 Å². The summed E-state index contributed by atoms with van der Waals surface area (Å²) in [6.45, 7) is 13.7. The lowest BCUT2D eigenvalue weighted by Gasteiger charge is -2.44. The van der Waals surface area contributed by atoms with Gasteiger partial charge in [-0.05, 0) is 36.4 Å². The maximum atomic E-state index is 14.5. The van der Waals surface area contributed by atoms with Gasteiger partial charge in [0.25, 0.3) is 16.6 Å². The zero-order valence-electron chi connectivity index (χ0n) is 29.8. The molecule has 0 aliphatic carbocycles. The maximum absolute atomic E-state index is 14.5. The minimum Gasteiger partial charge on any atom is -0.404 e. The average Bonchev–Trinajstić information content (AvgIpc) is 3.11. The molecule has 0 fully saturated rings. The molecule has 0 aliphatic rings. The fraction of sp³-hybridized carbons (Fsp3) is 0.279. The molecule has 0 aromatic heterocycles. The second kappa shape index (κ2) is 15.7. The van der Waals surface area contributed by atoms with Gasteiger partial charge in [-0.15, -0.1) is 0 Å². The number of carbonyl (C=O) groups is 1. The summed E-state index contributed by atoms with van der Waals surface area (Å²) < 4.78 is 20.9. The van der Waals surface area contributed by atoms with Crippen molar-refractivity contribution in [1.29, 1.82) is 0 Å². The molecule has 0 aliphatic heterocycles. The highest BCUT2D eigenvalue weighted by Crippen LogP contribution is 2.38. The van der Waals surface area contributed by atoms with Crippen LogP contribution < -0.4 is 20.7 Å². The second-order valence-electron chi connectivity index (χ2n) is 14.7. The maximum Gasteiger partial charge on any atom is 0.261 e. The summed E-state index contributed by atoms with van der Waals surface area (Å²) in [6, 6.07) is 51.9. The van der Waals surface area contributed by atoms with Crippen molar-refractivity contribution >= 4 is 43.2 Å². The van der Waals surface area contributed by atoms with E-state index in [9.17, 15) is 4.79 Å². The van der Waals surface area contributed by atoms with Crippen LogP contribution >= 0.6 is 0 Å². The Hall–Kier alpha value is -3.92. The lowest BCUT2D eigenvalue weighted by Crippen LogP contribution is -2.68. The number of ketones is 1. The molecule has 49 heavy (non-hydrogen) atoms. The van der Waals surface area contributed by atoms with Gasteiger partial charge in [0, 0.05) is 0 Å². The van der Waals surface area contributed by atoms with Gasteiger partial charge < -0.3 is 13.6 Å². The van der Waals surface area contributed by atoms with Crippen molar-refractivity contribution in [2.24, 2.45) is 0 Å². The fourth-order valence-electron chi connectivity index (χ4n) is 7.00. The summed E-state index contributed by atoms with van der Waals surface area (Å²) in [6.07, 6.45) is -0.833. The van der Waals surface area contributed by atoms with E-state index in [2.05, 4.69) is 139 Å². The molecule has 1 atom stereocenters. The van der Waals surface area contributed by atoms with Crippen LogP contribution in [-0.4, -0.2) is 41.7 Å². The predicted octanol–water partition coefficient (Wildman–Crippen LogP) is 7.29. The van der Waals surface area contributed by atoms with E-state index in [4.69, 9.17) is 13.6 Å². The molecule has 0 heterocycles. The highest BCUT2D eigenvalue weighted by atomic mass is 28.4. The zero-order chi connectivity index (χ0) is 35.0. The lowest BCUT2D eigenvalue weighted by atomic mass is 10.2. The molecule has 4 nitrogen and oxygen atoms in total. The minimum atomic E-state index is -2.95. The lowest BCUT2D eigenvalue weighted by molar-refractivity contribution is -0.136. The second-order valence-corrected chi connectivity index (χ2v) is 23.3. The molecule has 0 amide bonds. The first-order chi connectivity index (χ1) is 23.5. The first kappa shape index (κ1) is 36.4. The van der Waals surface area contributed by atoms with E-state index in [1.165, 1.54) is 0 Å². The third kappa shape index (κ3) is 7.95. The first-order valence-corrected chi connectivity index (χ1v) is 21.0. The summed E-state index contributed by atoms with van der Waals surface area (Å²) in [5, 5.41) is 4.08. The van der Waals surface area contributed by atoms with Crippen molar-refractivity contribution < 1.29 is 18.4 Å². The van der Waals surface area contributed by atoms with Gasteiger partial charge in [-0.25, -0.2) is 0 Å². The number of hydrogen-bond donors (Lipinski definition) is 0. The van der Waals surface area contributed by atoms with Crippen LogP contribution in [0.4, 0.5) is 0 Å². The SMILES string of the molecule is CC(C)(C)[Si](OCC(=O)[C@H](CO[Si](c1ccccc1)(c1ccccc1)C(C)(C)C)OCc1ccccc1)(c1ccccc1)c1ccccc1. The van der Waals surface area contributed by atoms with E-state index in [1.807, 2.05) is 54.6 Å². The topological polar surface area (TPSA) is 44.8 Å². The summed E-state index contributed by atoms with van der Waals surface area (Å²) in [5.74, 6) is -0.123. The van der Waals surface area contributed by atoms with Crippen molar-refractivity contribution in [2.45, 2.75) is 64.3 Å². The van der Waals surface area contributed by atoms with Gasteiger partial charge in [0.15, 0.2) is 5.78 Å². The van der Waals surface area contributed by atoms with Gasteiger partial charge in [-0.3, -0.25) is 4.79 Å². The van der Waals surface area contributed by atoms with Crippen molar-refractivity contribution in [3.05, 3.63) is 157 Å². The molecular formula is C43H50O4Si2. The molecule has 5 aromatic rings. The largest absolute Gasteiger partial charge is 0.404 e. The van der Waals surface area contributed by atoms with E-state index in [-0.39, 0.29) is 29.1 Å². The number of ether oxygens (including phenoxy) is 1. The third-order valence-electron chi connectivity index (χ3n) is 9.37. The Balaban J connectivity index is 1.52. The molecule has 0 bridgehead atoms. The van der Waals surface area contributed by atoms with E-state index in [1.54, 1.807) is 0 Å². The Morgan fingerprint density at radius 2 is 0.837 bits per heavy atom. The van der Waals surface area contributed by atoms with Crippen LogP contribution in [0, 0.1) is 0 Å². The molecule has 0 N–H and O–H groups in total. The zero-order valence-corrected chi connectivity index (χ0v) is 31.8. The van der Waals surface area contributed by atoms with Gasteiger partial charge in [-0.1, -0.05) is 193 Å². The summed E-state index contributed by atoms with van der Waals surface area (Å²) in [4.78, 5) is 14.5. The van der Waals surface area contributed by atoms with Gasteiger partial charge >= 0.3 is 0 Å². The van der Waals surface area contributed by atoms with E-state index >= 15 is 0 Å². The number of Topliss-reactive ketones (excluding diaryl/α,β-unsaturated/α-hetero) is 1. The van der Waals surface area contributed by atoms with Gasteiger partial charge in [0.2, 0.25) is 0 Å². The normalized spacial score (nSPS) is 13.2. The van der Waals surface area contributed by atoms with Crippen LogP contribution in [0.25, 0.3) is 0 Å². The molecular weight excluding hydrogens is 637 g/mol. The van der Waals surface area contributed by atoms with Crippen LogP contribution in [0.3, 0.4) is 0 Å². The van der Waals surface area contributed by atoms with E-state index in [0.717, 1.165) is 26.3 Å².